The van der Waals surface area contributed by atoms with Crippen LogP contribution < -0.4 is 0 Å². The first-order chi connectivity index (χ1) is 9.74. The molecule has 20 heavy (non-hydrogen) atoms. The molecule has 100 valence electrons. The topological polar surface area (TPSA) is 12.9 Å². The maximum absolute atomic E-state index is 6.39. The number of para-hydroxylation sites is 1. The van der Waals surface area contributed by atoms with Gasteiger partial charge in [-0.05, 0) is 17.7 Å². The second kappa shape index (κ2) is 5.78. The molecule has 0 fully saturated rings. The Kier molecular flexibility index (Phi) is 3.86. The molecular formula is C17H14ClNS. The van der Waals surface area contributed by atoms with Gasteiger partial charge in [-0.1, -0.05) is 67.1 Å². The van der Waals surface area contributed by atoms with Crippen LogP contribution in [0.15, 0.2) is 60.7 Å². The van der Waals surface area contributed by atoms with E-state index >= 15 is 0 Å². The third kappa shape index (κ3) is 2.77. The number of hydrogen-bond donors (Lipinski definition) is 0. The summed E-state index contributed by atoms with van der Waals surface area (Å²) in [5.74, 6) is 0.208. The van der Waals surface area contributed by atoms with E-state index in [0.29, 0.717) is 0 Å². The number of thiazole rings is 1. The van der Waals surface area contributed by atoms with Crippen LogP contribution in [0.3, 0.4) is 0 Å². The number of benzene rings is 2. The average Bonchev–Trinajstić information content (AvgIpc) is 2.92. The molecule has 1 unspecified atom stereocenters. The van der Waals surface area contributed by atoms with Crippen molar-refractivity contribution < 1.29 is 0 Å². The first-order valence-corrected chi connectivity index (χ1v) is 7.71. The average molecular weight is 300 g/mol. The van der Waals surface area contributed by atoms with Crippen molar-refractivity contribution in [3.8, 4) is 0 Å². The molecule has 0 saturated heterocycles. The zero-order valence-electron chi connectivity index (χ0n) is 11.1. The highest BCUT2D eigenvalue weighted by Crippen LogP contribution is 2.31. The number of aromatic nitrogens is 1. The second-order valence-corrected chi connectivity index (χ2v) is 6.16. The van der Waals surface area contributed by atoms with E-state index in [0.717, 1.165) is 21.1 Å². The molecule has 1 nitrogen and oxygen atoms in total. The predicted molar refractivity (Wildman–Crippen MR) is 88.3 cm³/mol. The van der Waals surface area contributed by atoms with Gasteiger partial charge in [0.15, 0.2) is 0 Å². The van der Waals surface area contributed by atoms with Crippen LogP contribution >= 0.6 is 22.9 Å². The number of halogens is 1. The van der Waals surface area contributed by atoms with Crippen molar-refractivity contribution in [3.63, 3.8) is 0 Å². The third-order valence-corrected chi connectivity index (χ3v) is 4.73. The summed E-state index contributed by atoms with van der Waals surface area (Å²) >= 11 is 8.12. The number of rotatable bonds is 3. The van der Waals surface area contributed by atoms with E-state index in [1.165, 1.54) is 4.70 Å². The van der Waals surface area contributed by atoms with E-state index < -0.39 is 0 Å². The Morgan fingerprint density at radius 3 is 2.55 bits per heavy atom. The van der Waals surface area contributed by atoms with Crippen molar-refractivity contribution in [2.75, 3.05) is 0 Å². The van der Waals surface area contributed by atoms with Crippen LogP contribution in [-0.4, -0.2) is 4.98 Å². The van der Waals surface area contributed by atoms with E-state index in [4.69, 9.17) is 11.6 Å². The standard InChI is InChI=1S/C17H14ClNS/c1-12(11-14(18)13-7-3-2-4-8-13)17-19-15-9-5-6-10-16(15)20-17/h2-12H,1H3. The Morgan fingerprint density at radius 2 is 1.80 bits per heavy atom. The molecule has 0 aliphatic carbocycles. The Bertz CT molecular complexity index is 713. The van der Waals surface area contributed by atoms with Crippen LogP contribution in [0.1, 0.15) is 23.4 Å². The van der Waals surface area contributed by atoms with Crippen molar-refractivity contribution >= 4 is 38.2 Å². The summed E-state index contributed by atoms with van der Waals surface area (Å²) in [5, 5.41) is 1.87. The molecule has 3 heteroatoms. The second-order valence-electron chi connectivity index (χ2n) is 4.69. The molecule has 0 aliphatic heterocycles. The molecule has 1 heterocycles. The van der Waals surface area contributed by atoms with Crippen LogP contribution in [0.25, 0.3) is 15.2 Å². The van der Waals surface area contributed by atoms with Gasteiger partial charge in [0.05, 0.1) is 10.2 Å². The molecule has 3 rings (SSSR count). The molecular weight excluding hydrogens is 286 g/mol. The molecule has 3 aromatic rings. The van der Waals surface area contributed by atoms with Gasteiger partial charge in [-0.15, -0.1) is 11.3 Å². The molecule has 0 radical (unpaired) electrons. The first kappa shape index (κ1) is 13.3. The highest BCUT2D eigenvalue weighted by atomic mass is 35.5. The van der Waals surface area contributed by atoms with Gasteiger partial charge in [-0.2, -0.15) is 0 Å². The monoisotopic (exact) mass is 299 g/mol. The van der Waals surface area contributed by atoms with Gasteiger partial charge in [-0.3, -0.25) is 0 Å². The van der Waals surface area contributed by atoms with E-state index in [-0.39, 0.29) is 5.92 Å². The molecule has 0 N–H and O–H groups in total. The van der Waals surface area contributed by atoms with Gasteiger partial charge < -0.3 is 0 Å². The fourth-order valence-electron chi connectivity index (χ4n) is 2.07. The lowest BCUT2D eigenvalue weighted by molar-refractivity contribution is 0.956. The minimum absolute atomic E-state index is 0.208. The number of hydrogen-bond acceptors (Lipinski definition) is 2. The molecule has 0 spiro atoms. The minimum atomic E-state index is 0.208. The van der Waals surface area contributed by atoms with Gasteiger partial charge in [0.25, 0.3) is 0 Å². The lowest BCUT2D eigenvalue weighted by atomic mass is 10.1. The Balaban J connectivity index is 1.90. The number of allylic oxidation sites excluding steroid dienone is 1. The largest absolute Gasteiger partial charge is 0.241 e. The van der Waals surface area contributed by atoms with Crippen molar-refractivity contribution in [2.45, 2.75) is 12.8 Å². The smallest absolute Gasteiger partial charge is 0.100 e. The van der Waals surface area contributed by atoms with Crippen LogP contribution in [0.2, 0.25) is 0 Å². The maximum Gasteiger partial charge on any atom is 0.100 e. The summed E-state index contributed by atoms with van der Waals surface area (Å²) in [6.45, 7) is 2.13. The van der Waals surface area contributed by atoms with E-state index in [1.54, 1.807) is 11.3 Å². The fraction of sp³-hybridized carbons (Fsp3) is 0.118. The van der Waals surface area contributed by atoms with Crippen LogP contribution in [0.4, 0.5) is 0 Å². The van der Waals surface area contributed by atoms with Crippen LogP contribution in [-0.2, 0) is 0 Å². The van der Waals surface area contributed by atoms with E-state index in [2.05, 4.69) is 24.1 Å². The zero-order chi connectivity index (χ0) is 13.9. The quantitative estimate of drug-likeness (QED) is 0.606. The molecule has 1 aromatic heterocycles. The number of nitrogens with zero attached hydrogens (tertiary/aromatic N) is 1. The highest BCUT2D eigenvalue weighted by Gasteiger charge is 2.10. The third-order valence-electron chi connectivity index (χ3n) is 3.15. The summed E-state index contributed by atoms with van der Waals surface area (Å²) in [7, 11) is 0. The molecule has 0 saturated carbocycles. The Morgan fingerprint density at radius 1 is 1.10 bits per heavy atom. The molecule has 0 amide bonds. The van der Waals surface area contributed by atoms with Gasteiger partial charge in [0, 0.05) is 11.0 Å². The summed E-state index contributed by atoms with van der Waals surface area (Å²) in [6.07, 6.45) is 2.06. The Hall–Kier alpha value is -1.64. The molecule has 0 bridgehead atoms. The van der Waals surface area contributed by atoms with E-state index in [9.17, 15) is 0 Å². The maximum atomic E-state index is 6.39. The summed E-state index contributed by atoms with van der Waals surface area (Å²) in [5.41, 5.74) is 2.10. The fourth-order valence-corrected chi connectivity index (χ4v) is 3.37. The van der Waals surface area contributed by atoms with Crippen molar-refractivity contribution in [3.05, 3.63) is 71.2 Å². The van der Waals surface area contributed by atoms with E-state index in [1.807, 2.05) is 48.5 Å². The minimum Gasteiger partial charge on any atom is -0.241 e. The summed E-state index contributed by atoms with van der Waals surface area (Å²) in [6, 6.07) is 18.2. The molecule has 0 aliphatic rings. The van der Waals surface area contributed by atoms with Crippen LogP contribution in [0, 0.1) is 0 Å². The Labute approximate surface area is 127 Å². The van der Waals surface area contributed by atoms with Gasteiger partial charge in [0.1, 0.15) is 5.01 Å². The van der Waals surface area contributed by atoms with Gasteiger partial charge in [-0.25, -0.2) is 4.98 Å². The first-order valence-electron chi connectivity index (χ1n) is 6.52. The normalized spacial score (nSPS) is 13.6. The van der Waals surface area contributed by atoms with Crippen molar-refractivity contribution in [1.82, 2.24) is 4.98 Å². The van der Waals surface area contributed by atoms with Crippen molar-refractivity contribution in [1.29, 1.82) is 0 Å². The summed E-state index contributed by atoms with van der Waals surface area (Å²) < 4.78 is 1.22. The van der Waals surface area contributed by atoms with Crippen molar-refractivity contribution in [2.24, 2.45) is 0 Å². The predicted octanol–water partition coefficient (Wildman–Crippen LogP) is 5.68. The number of fused-ring (bicyclic) bond motifs is 1. The molecule has 2 aromatic carbocycles. The van der Waals surface area contributed by atoms with Crippen LogP contribution in [0.5, 0.6) is 0 Å². The van der Waals surface area contributed by atoms with Gasteiger partial charge in [0.2, 0.25) is 0 Å². The lowest BCUT2D eigenvalue weighted by Crippen LogP contribution is -1.88. The molecule has 1 atom stereocenters. The summed E-state index contributed by atoms with van der Waals surface area (Å²) in [4.78, 5) is 4.67. The van der Waals surface area contributed by atoms with Gasteiger partial charge >= 0.3 is 0 Å². The SMILES string of the molecule is CC(C=C(Cl)c1ccccc1)c1nc2ccccc2s1. The highest BCUT2D eigenvalue weighted by molar-refractivity contribution is 7.18. The zero-order valence-corrected chi connectivity index (χ0v) is 12.7. The lowest BCUT2D eigenvalue weighted by Gasteiger charge is -2.04.